The number of hydrogen-bond donors (Lipinski definition) is 2. The highest BCUT2D eigenvalue weighted by Crippen LogP contribution is 2.50. The Bertz CT molecular complexity index is 1590. The summed E-state index contributed by atoms with van der Waals surface area (Å²) in [6.45, 7) is 10.7. The first kappa shape index (κ1) is 35.4. The number of rotatable bonds is 11. The van der Waals surface area contributed by atoms with Crippen molar-refractivity contribution in [3.05, 3.63) is 58.3 Å². The number of aryl methyl sites for hydroxylation is 1. The lowest BCUT2D eigenvalue weighted by atomic mass is 9.67. The molecule has 5 rings (SSSR count). The van der Waals surface area contributed by atoms with Gasteiger partial charge >= 0.3 is 0 Å². The average Bonchev–Trinajstić information content (AvgIpc) is 3.44. The summed E-state index contributed by atoms with van der Waals surface area (Å²) in [5, 5.41) is 4.11. The predicted octanol–water partition coefficient (Wildman–Crippen LogP) is 5.64. The number of likely N-dealkylation sites (tertiary alicyclic amines) is 1. The second kappa shape index (κ2) is 15.1. The summed E-state index contributed by atoms with van der Waals surface area (Å²) in [4.78, 5) is 63.3. The molecule has 0 spiro atoms. The molecule has 260 valence electrons. The van der Waals surface area contributed by atoms with Crippen molar-refractivity contribution in [3.63, 3.8) is 0 Å². The van der Waals surface area contributed by atoms with Crippen molar-refractivity contribution in [2.75, 3.05) is 40.3 Å². The van der Waals surface area contributed by atoms with Crippen LogP contribution in [0.25, 0.3) is 10.9 Å². The van der Waals surface area contributed by atoms with Crippen LogP contribution in [0.2, 0.25) is 0 Å². The van der Waals surface area contributed by atoms with Crippen molar-refractivity contribution in [1.82, 2.24) is 25.0 Å². The molecule has 2 fully saturated rings. The number of aromatic amines is 1. The maximum Gasteiger partial charge on any atom is 0.228 e. The van der Waals surface area contributed by atoms with E-state index in [1.54, 1.807) is 19.0 Å². The molecule has 3 atom stereocenters. The van der Waals surface area contributed by atoms with Crippen LogP contribution < -0.4 is 5.32 Å². The Hall–Kier alpha value is -3.88. The number of amides is 4. The van der Waals surface area contributed by atoms with Crippen LogP contribution in [0.5, 0.6) is 0 Å². The van der Waals surface area contributed by atoms with E-state index in [9.17, 15) is 19.2 Å². The lowest BCUT2D eigenvalue weighted by Crippen LogP contribution is -2.64. The van der Waals surface area contributed by atoms with E-state index in [1.165, 1.54) is 11.1 Å². The molecule has 0 saturated carbocycles. The first-order valence-corrected chi connectivity index (χ1v) is 17.9. The van der Waals surface area contributed by atoms with Crippen molar-refractivity contribution in [2.24, 2.45) is 11.8 Å². The molecule has 2 N–H and O–H groups in total. The highest BCUT2D eigenvalue weighted by atomic mass is 16.2. The van der Waals surface area contributed by atoms with Gasteiger partial charge in [0.25, 0.3) is 0 Å². The third-order valence-electron chi connectivity index (χ3n) is 10.8. The number of H-pyrrole nitrogens is 1. The molecule has 0 aliphatic carbocycles. The fourth-order valence-electron chi connectivity index (χ4n) is 7.92. The first-order chi connectivity index (χ1) is 22.9. The molecule has 0 unspecified atom stereocenters. The average molecular weight is 658 g/mol. The molecule has 0 radical (unpaired) electrons. The maximum absolute atomic E-state index is 14.4. The summed E-state index contributed by atoms with van der Waals surface area (Å²) in [6.07, 6.45) is 11.5. The minimum Gasteiger partial charge on any atom is -0.356 e. The van der Waals surface area contributed by atoms with Crippen LogP contribution in [0.3, 0.4) is 0 Å². The van der Waals surface area contributed by atoms with E-state index in [0.29, 0.717) is 38.8 Å². The van der Waals surface area contributed by atoms with Crippen LogP contribution in [0.15, 0.2) is 41.5 Å². The molecule has 48 heavy (non-hydrogen) atoms. The zero-order valence-corrected chi connectivity index (χ0v) is 29.9. The summed E-state index contributed by atoms with van der Waals surface area (Å²) in [6, 6.07) is 6.32. The molecule has 1 aromatic heterocycles. The number of carbonyl (C=O) groups excluding carboxylic acids is 4. The third-order valence-corrected chi connectivity index (χ3v) is 10.8. The van der Waals surface area contributed by atoms with Crippen molar-refractivity contribution >= 4 is 34.5 Å². The number of fused-ring (bicyclic) bond motifs is 5. The third kappa shape index (κ3) is 7.55. The number of piperidine rings is 2. The number of aromatic nitrogens is 1. The fraction of sp³-hybridized carbons (Fsp3) is 0.590. The van der Waals surface area contributed by atoms with Gasteiger partial charge in [0, 0.05) is 75.6 Å². The normalized spacial score (nSPS) is 22.6. The molecule has 0 bridgehead atoms. The summed E-state index contributed by atoms with van der Waals surface area (Å²) in [5.74, 6) is -1.04. The van der Waals surface area contributed by atoms with Gasteiger partial charge in [-0.15, -0.1) is 0 Å². The lowest BCUT2D eigenvalue weighted by molar-refractivity contribution is -0.164. The van der Waals surface area contributed by atoms with Gasteiger partial charge in [0.05, 0.1) is 11.5 Å². The number of benzene rings is 1. The van der Waals surface area contributed by atoms with E-state index in [1.807, 2.05) is 15.9 Å². The summed E-state index contributed by atoms with van der Waals surface area (Å²) >= 11 is 0. The molecule has 2 saturated heterocycles. The van der Waals surface area contributed by atoms with E-state index < -0.39 is 17.4 Å². The molecule has 3 aliphatic rings. The van der Waals surface area contributed by atoms with Gasteiger partial charge in [-0.25, -0.2) is 0 Å². The van der Waals surface area contributed by atoms with E-state index in [-0.39, 0.29) is 30.0 Å². The van der Waals surface area contributed by atoms with E-state index in [2.05, 4.69) is 62.3 Å². The van der Waals surface area contributed by atoms with Crippen molar-refractivity contribution < 1.29 is 19.2 Å². The Morgan fingerprint density at radius 3 is 2.50 bits per heavy atom. The molecule has 9 heteroatoms. The van der Waals surface area contributed by atoms with Gasteiger partial charge in [0.2, 0.25) is 23.6 Å². The summed E-state index contributed by atoms with van der Waals surface area (Å²) < 4.78 is 0. The van der Waals surface area contributed by atoms with Gasteiger partial charge in [0.1, 0.15) is 0 Å². The minimum absolute atomic E-state index is 0.0454. The standard InChI is InChI=1S/C39H55N5O4/c1-26(2)11-10-12-27(3)17-19-40-34(45)25-29-24-32(38(48)43-20-8-7-9-21-43)39(4)36-31(18-22-44(39)37(29)47)30-15-13-28(23-33(30)41-36)14-16-35(46)42(5)6/h11,13,15,17,23,29,32,41H,7-10,12,14,16,18-22,24-25H2,1-6H3,(H,40,45)/b27-17+/t29-,32-,39+/m1/s1. The van der Waals surface area contributed by atoms with E-state index in [4.69, 9.17) is 0 Å². The Labute approximate surface area is 286 Å². The van der Waals surface area contributed by atoms with Crippen LogP contribution in [-0.4, -0.2) is 83.6 Å². The Balaban J connectivity index is 1.39. The van der Waals surface area contributed by atoms with Crippen molar-refractivity contribution in [2.45, 2.75) is 97.4 Å². The van der Waals surface area contributed by atoms with E-state index >= 15 is 0 Å². The van der Waals surface area contributed by atoms with Crippen LogP contribution >= 0.6 is 0 Å². The SMILES string of the molecule is CC(C)=CCC/C(C)=C/CNC(=O)C[C@H]1C[C@H](C(=O)N2CCCCC2)[C@@]2(C)c3[nH]c4cc(CCC(=O)N(C)C)ccc4c3CCN2C1=O. The molecule has 2 aromatic rings. The highest BCUT2D eigenvalue weighted by molar-refractivity contribution is 5.93. The van der Waals surface area contributed by atoms with Crippen molar-refractivity contribution in [3.8, 4) is 0 Å². The Kier molecular flexibility index (Phi) is 11.2. The second-order valence-corrected chi connectivity index (χ2v) is 14.8. The van der Waals surface area contributed by atoms with Gasteiger partial charge < -0.3 is 25.0 Å². The van der Waals surface area contributed by atoms with Gasteiger partial charge in [-0.1, -0.05) is 35.4 Å². The quantitative estimate of drug-likeness (QED) is 0.306. The minimum atomic E-state index is -0.850. The second-order valence-electron chi connectivity index (χ2n) is 14.8. The topological polar surface area (TPSA) is 106 Å². The molecule has 9 nitrogen and oxygen atoms in total. The molecular formula is C39H55N5O4. The molecule has 1 aromatic carbocycles. The van der Waals surface area contributed by atoms with Crippen LogP contribution in [0.4, 0.5) is 0 Å². The van der Waals surface area contributed by atoms with Crippen LogP contribution in [0.1, 0.15) is 95.9 Å². The Morgan fingerprint density at radius 2 is 1.79 bits per heavy atom. The molecular weight excluding hydrogens is 602 g/mol. The molecule has 3 aliphatic heterocycles. The van der Waals surface area contributed by atoms with Crippen LogP contribution in [-0.2, 0) is 37.6 Å². The van der Waals surface area contributed by atoms with Crippen LogP contribution in [0, 0.1) is 11.8 Å². The summed E-state index contributed by atoms with van der Waals surface area (Å²) in [7, 11) is 3.54. The van der Waals surface area contributed by atoms with Gasteiger partial charge in [0.15, 0.2) is 0 Å². The number of allylic oxidation sites excluding steroid dienone is 3. The lowest BCUT2D eigenvalue weighted by Gasteiger charge is -2.54. The summed E-state index contributed by atoms with van der Waals surface area (Å²) in [5.41, 5.74) is 5.81. The number of nitrogens with zero attached hydrogens (tertiary/aromatic N) is 3. The maximum atomic E-state index is 14.4. The monoisotopic (exact) mass is 657 g/mol. The van der Waals surface area contributed by atoms with Gasteiger partial charge in [-0.3, -0.25) is 19.2 Å². The van der Waals surface area contributed by atoms with Gasteiger partial charge in [-0.05, 0) is 96.3 Å². The Morgan fingerprint density at radius 1 is 1.04 bits per heavy atom. The number of nitrogens with one attached hydrogen (secondary N) is 2. The zero-order valence-electron chi connectivity index (χ0n) is 29.9. The number of hydrogen-bond acceptors (Lipinski definition) is 4. The smallest absolute Gasteiger partial charge is 0.228 e. The largest absolute Gasteiger partial charge is 0.356 e. The van der Waals surface area contributed by atoms with E-state index in [0.717, 1.165) is 72.9 Å². The zero-order chi connectivity index (χ0) is 34.6. The predicted molar refractivity (Wildman–Crippen MR) is 190 cm³/mol. The van der Waals surface area contributed by atoms with Crippen molar-refractivity contribution in [1.29, 1.82) is 0 Å². The highest BCUT2D eigenvalue weighted by Gasteiger charge is 2.57. The fourth-order valence-corrected chi connectivity index (χ4v) is 7.92. The molecule has 4 amide bonds. The first-order valence-electron chi connectivity index (χ1n) is 17.9. The van der Waals surface area contributed by atoms with Gasteiger partial charge in [-0.2, -0.15) is 0 Å². The number of carbonyl (C=O) groups is 4. The molecule has 4 heterocycles.